The van der Waals surface area contributed by atoms with Crippen LogP contribution in [-0.4, -0.2) is 0 Å². The highest BCUT2D eigenvalue weighted by molar-refractivity contribution is 5.41. The van der Waals surface area contributed by atoms with Crippen LogP contribution in [0.15, 0.2) is 35.9 Å². The van der Waals surface area contributed by atoms with Gasteiger partial charge in [0, 0.05) is 0 Å². The Labute approximate surface area is 92.3 Å². The van der Waals surface area contributed by atoms with Crippen molar-refractivity contribution in [1.29, 1.82) is 0 Å². The molecule has 0 amide bonds. The van der Waals surface area contributed by atoms with Gasteiger partial charge < -0.3 is 0 Å². The Morgan fingerprint density at radius 3 is 2.27 bits per heavy atom. The minimum Gasteiger partial charge on any atom is -0.0804 e. The van der Waals surface area contributed by atoms with Gasteiger partial charge in [0.05, 0.1) is 0 Å². The van der Waals surface area contributed by atoms with Crippen molar-refractivity contribution in [2.45, 2.75) is 33.6 Å². The molecule has 1 aromatic rings. The van der Waals surface area contributed by atoms with Crippen LogP contribution in [-0.2, 0) is 6.42 Å². The second kappa shape index (κ2) is 4.06. The molecule has 0 saturated heterocycles. The lowest BCUT2D eigenvalue weighted by atomic mass is 9.94. The van der Waals surface area contributed by atoms with Crippen molar-refractivity contribution < 1.29 is 0 Å². The van der Waals surface area contributed by atoms with Crippen molar-refractivity contribution in [2.75, 3.05) is 0 Å². The highest BCUT2D eigenvalue weighted by atomic mass is 14.1. The normalized spacial score (nSPS) is 14.5. The summed E-state index contributed by atoms with van der Waals surface area (Å²) < 4.78 is 0. The Morgan fingerprint density at radius 2 is 1.73 bits per heavy atom. The molecular formula is C15H18. The molecule has 0 saturated carbocycles. The molecule has 0 heterocycles. The predicted molar refractivity (Wildman–Crippen MR) is 66.2 cm³/mol. The van der Waals surface area contributed by atoms with Crippen LogP contribution in [0.3, 0.4) is 0 Å². The largest absolute Gasteiger partial charge is 0.0804 e. The van der Waals surface area contributed by atoms with Crippen LogP contribution in [0.1, 0.15) is 28.7 Å². The van der Waals surface area contributed by atoms with E-state index in [1.54, 1.807) is 0 Å². The zero-order valence-corrected chi connectivity index (χ0v) is 9.80. The van der Waals surface area contributed by atoms with E-state index in [1.807, 2.05) is 0 Å². The smallest absolute Gasteiger partial charge is 0.00556 e. The molecule has 1 aliphatic rings. The zero-order valence-electron chi connectivity index (χ0n) is 9.80. The second-order valence-electron chi connectivity index (χ2n) is 4.51. The monoisotopic (exact) mass is 198 g/mol. The van der Waals surface area contributed by atoms with Gasteiger partial charge in [-0.1, -0.05) is 41.5 Å². The maximum Gasteiger partial charge on any atom is -0.00556 e. The van der Waals surface area contributed by atoms with Crippen molar-refractivity contribution in [3.8, 4) is 0 Å². The molecular weight excluding hydrogens is 180 g/mol. The van der Waals surface area contributed by atoms with Gasteiger partial charge in [-0.05, 0) is 50.3 Å². The first-order valence-corrected chi connectivity index (χ1v) is 5.58. The molecule has 1 aliphatic carbocycles. The van der Waals surface area contributed by atoms with Gasteiger partial charge in [-0.3, -0.25) is 0 Å². The maximum atomic E-state index is 2.28. The maximum absolute atomic E-state index is 2.28. The zero-order chi connectivity index (χ0) is 10.8. The fourth-order valence-electron chi connectivity index (χ4n) is 2.34. The number of aryl methyl sites for hydroxylation is 3. The summed E-state index contributed by atoms with van der Waals surface area (Å²) in [7, 11) is 0. The average molecular weight is 198 g/mol. The SMILES string of the molecule is Cc1cc(C)c(CC2=CC=CC2)c(C)c1. The highest BCUT2D eigenvalue weighted by Crippen LogP contribution is 2.23. The molecule has 0 N–H and O–H groups in total. The number of benzene rings is 1. The first kappa shape index (κ1) is 10.2. The van der Waals surface area contributed by atoms with Gasteiger partial charge >= 0.3 is 0 Å². The third kappa shape index (κ3) is 2.20. The average Bonchev–Trinajstić information content (AvgIpc) is 2.63. The van der Waals surface area contributed by atoms with E-state index in [1.165, 1.54) is 27.8 Å². The highest BCUT2D eigenvalue weighted by Gasteiger charge is 2.07. The van der Waals surface area contributed by atoms with Crippen LogP contribution in [0, 0.1) is 20.8 Å². The summed E-state index contributed by atoms with van der Waals surface area (Å²) in [5.41, 5.74) is 7.27. The van der Waals surface area contributed by atoms with Crippen LogP contribution >= 0.6 is 0 Å². The van der Waals surface area contributed by atoms with Crippen LogP contribution < -0.4 is 0 Å². The Balaban J connectivity index is 2.28. The van der Waals surface area contributed by atoms with E-state index in [-0.39, 0.29) is 0 Å². The third-order valence-electron chi connectivity index (χ3n) is 3.09. The van der Waals surface area contributed by atoms with Gasteiger partial charge in [0.15, 0.2) is 0 Å². The van der Waals surface area contributed by atoms with Gasteiger partial charge in [-0.15, -0.1) is 0 Å². The first-order chi connectivity index (χ1) is 7.16. The van der Waals surface area contributed by atoms with E-state index >= 15 is 0 Å². The van der Waals surface area contributed by atoms with Gasteiger partial charge in [-0.2, -0.15) is 0 Å². The van der Waals surface area contributed by atoms with Crippen molar-refractivity contribution in [3.05, 3.63) is 58.2 Å². The second-order valence-corrected chi connectivity index (χ2v) is 4.51. The van der Waals surface area contributed by atoms with Crippen molar-refractivity contribution in [3.63, 3.8) is 0 Å². The molecule has 0 bridgehead atoms. The minimum absolute atomic E-state index is 1.12. The van der Waals surface area contributed by atoms with Gasteiger partial charge in [0.2, 0.25) is 0 Å². The lowest BCUT2D eigenvalue weighted by Crippen LogP contribution is -1.96. The molecule has 0 heteroatoms. The van der Waals surface area contributed by atoms with E-state index in [9.17, 15) is 0 Å². The summed E-state index contributed by atoms with van der Waals surface area (Å²) in [4.78, 5) is 0. The Bertz CT molecular complexity index is 410. The molecule has 0 aromatic heterocycles. The summed E-state index contributed by atoms with van der Waals surface area (Å²) in [5.74, 6) is 0. The van der Waals surface area contributed by atoms with Crippen molar-refractivity contribution in [1.82, 2.24) is 0 Å². The molecule has 0 fully saturated rings. The summed E-state index contributed by atoms with van der Waals surface area (Å²) in [5, 5.41) is 0. The molecule has 1 aromatic carbocycles. The fraction of sp³-hybridized carbons (Fsp3) is 0.333. The van der Waals surface area contributed by atoms with E-state index in [0.717, 1.165) is 12.8 Å². The van der Waals surface area contributed by atoms with E-state index in [4.69, 9.17) is 0 Å². The van der Waals surface area contributed by atoms with Gasteiger partial charge in [0.25, 0.3) is 0 Å². The number of hydrogen-bond donors (Lipinski definition) is 0. The molecule has 0 unspecified atom stereocenters. The Morgan fingerprint density at radius 1 is 1.07 bits per heavy atom. The number of hydrogen-bond acceptors (Lipinski definition) is 0. The summed E-state index contributed by atoms with van der Waals surface area (Å²) in [6, 6.07) is 4.57. The van der Waals surface area contributed by atoms with Crippen LogP contribution in [0.4, 0.5) is 0 Å². The third-order valence-corrected chi connectivity index (χ3v) is 3.09. The fourth-order valence-corrected chi connectivity index (χ4v) is 2.34. The minimum atomic E-state index is 1.12. The summed E-state index contributed by atoms with van der Waals surface area (Å²) in [6.07, 6.45) is 8.89. The standard InChI is InChI=1S/C15H18/c1-11-8-12(2)15(13(3)9-11)10-14-6-4-5-7-14/h4-6,8-9H,7,10H2,1-3H3. The molecule has 0 nitrogen and oxygen atoms in total. The quantitative estimate of drug-likeness (QED) is 0.672. The van der Waals surface area contributed by atoms with Crippen molar-refractivity contribution >= 4 is 0 Å². The van der Waals surface area contributed by atoms with E-state index < -0.39 is 0 Å². The molecule has 15 heavy (non-hydrogen) atoms. The van der Waals surface area contributed by atoms with E-state index in [0.29, 0.717) is 0 Å². The van der Waals surface area contributed by atoms with Crippen molar-refractivity contribution in [2.24, 2.45) is 0 Å². The summed E-state index contributed by atoms with van der Waals surface area (Å²) >= 11 is 0. The Kier molecular flexibility index (Phi) is 2.77. The number of rotatable bonds is 2. The van der Waals surface area contributed by atoms with Gasteiger partial charge in [0.1, 0.15) is 0 Å². The lowest BCUT2D eigenvalue weighted by molar-refractivity contribution is 1.05. The van der Waals surface area contributed by atoms with Crippen LogP contribution in [0.5, 0.6) is 0 Å². The topological polar surface area (TPSA) is 0 Å². The molecule has 0 spiro atoms. The van der Waals surface area contributed by atoms with Crippen LogP contribution in [0.2, 0.25) is 0 Å². The van der Waals surface area contributed by atoms with Crippen LogP contribution in [0.25, 0.3) is 0 Å². The predicted octanol–water partition coefficient (Wildman–Crippen LogP) is 4.04. The molecule has 0 radical (unpaired) electrons. The first-order valence-electron chi connectivity index (χ1n) is 5.58. The molecule has 0 atom stereocenters. The van der Waals surface area contributed by atoms with E-state index in [2.05, 4.69) is 51.1 Å². The number of allylic oxidation sites excluding steroid dienone is 4. The molecule has 2 rings (SSSR count). The summed E-state index contributed by atoms with van der Waals surface area (Å²) in [6.45, 7) is 6.61. The lowest BCUT2D eigenvalue weighted by Gasteiger charge is -2.11. The Hall–Kier alpha value is -1.30. The molecule has 78 valence electrons. The molecule has 0 aliphatic heterocycles. The van der Waals surface area contributed by atoms with Gasteiger partial charge in [-0.25, -0.2) is 0 Å².